The lowest BCUT2D eigenvalue weighted by molar-refractivity contribution is -0.138. The SMILES string of the molecule is O=C(O)N1[C@@H]2CC[C@H]1CN(c1nc(Cl)nc3c(Cl)c(Br)c(C(F)(F)F)cc13)C2. The summed E-state index contributed by atoms with van der Waals surface area (Å²) in [4.78, 5) is 22.8. The zero-order valence-corrected chi connectivity index (χ0v) is 17.1. The number of alkyl halides is 3. The van der Waals surface area contributed by atoms with Crippen molar-refractivity contribution < 1.29 is 23.1 Å². The largest absolute Gasteiger partial charge is 0.465 e. The molecule has 2 bridgehead atoms. The van der Waals surface area contributed by atoms with E-state index in [0.717, 1.165) is 6.07 Å². The van der Waals surface area contributed by atoms with Crippen LogP contribution in [-0.4, -0.2) is 51.2 Å². The van der Waals surface area contributed by atoms with Crippen LogP contribution in [0.5, 0.6) is 0 Å². The van der Waals surface area contributed by atoms with Crippen molar-refractivity contribution in [3.8, 4) is 0 Å². The van der Waals surface area contributed by atoms with Crippen LogP contribution in [0.4, 0.5) is 23.8 Å². The third-order valence-corrected chi connectivity index (χ3v) is 6.72. The Morgan fingerprint density at radius 2 is 1.82 bits per heavy atom. The first-order chi connectivity index (χ1) is 13.1. The normalized spacial score (nSPS) is 22.2. The Kier molecular flexibility index (Phi) is 4.79. The summed E-state index contributed by atoms with van der Waals surface area (Å²) in [6.07, 6.45) is -4.26. The summed E-state index contributed by atoms with van der Waals surface area (Å²) in [5.74, 6) is 0.219. The number of amides is 1. The van der Waals surface area contributed by atoms with Gasteiger partial charge in [-0.3, -0.25) is 4.90 Å². The zero-order chi connectivity index (χ0) is 20.4. The number of carbonyl (C=O) groups is 1. The molecule has 0 saturated carbocycles. The van der Waals surface area contributed by atoms with E-state index in [-0.39, 0.29) is 43.6 Å². The van der Waals surface area contributed by atoms with Gasteiger partial charge in [0.2, 0.25) is 5.28 Å². The van der Waals surface area contributed by atoms with Crippen LogP contribution in [0.2, 0.25) is 10.3 Å². The van der Waals surface area contributed by atoms with Gasteiger partial charge in [0.25, 0.3) is 0 Å². The molecule has 1 aromatic carbocycles. The number of anilines is 1. The van der Waals surface area contributed by atoms with Crippen LogP contribution in [-0.2, 0) is 6.18 Å². The first-order valence-electron chi connectivity index (χ1n) is 8.26. The van der Waals surface area contributed by atoms with E-state index in [1.54, 1.807) is 4.90 Å². The monoisotopic (exact) mass is 498 g/mol. The number of rotatable bonds is 1. The number of nitrogens with zero attached hydrogens (tertiary/aromatic N) is 4. The van der Waals surface area contributed by atoms with Crippen molar-refractivity contribution in [1.82, 2.24) is 14.9 Å². The number of benzene rings is 1. The van der Waals surface area contributed by atoms with Crippen LogP contribution in [0.1, 0.15) is 18.4 Å². The molecule has 0 aliphatic carbocycles. The summed E-state index contributed by atoms with van der Waals surface area (Å²) < 4.78 is 40.0. The molecule has 0 unspecified atom stereocenters. The predicted octanol–water partition coefficient (Wildman–Crippen LogP) is 5.05. The number of carboxylic acid groups (broad SMARTS) is 1. The average Bonchev–Trinajstić information content (AvgIpc) is 2.87. The summed E-state index contributed by atoms with van der Waals surface area (Å²) in [6, 6.07) is 0.434. The van der Waals surface area contributed by atoms with Gasteiger partial charge in [-0.1, -0.05) is 11.6 Å². The first kappa shape index (κ1) is 19.8. The second-order valence-corrected chi connectivity index (χ2v) is 8.25. The summed E-state index contributed by atoms with van der Waals surface area (Å²) in [5, 5.41) is 9.16. The van der Waals surface area contributed by atoms with Crippen LogP contribution in [0.25, 0.3) is 10.9 Å². The molecular weight excluding hydrogens is 488 g/mol. The van der Waals surface area contributed by atoms with E-state index in [1.807, 2.05) is 0 Å². The maximum Gasteiger partial charge on any atom is 0.417 e. The lowest BCUT2D eigenvalue weighted by Gasteiger charge is -2.40. The maximum atomic E-state index is 13.4. The summed E-state index contributed by atoms with van der Waals surface area (Å²) in [7, 11) is 0. The van der Waals surface area contributed by atoms with Gasteiger partial charge in [-0.2, -0.15) is 18.2 Å². The maximum absolute atomic E-state index is 13.4. The van der Waals surface area contributed by atoms with E-state index in [9.17, 15) is 23.1 Å². The lowest BCUT2D eigenvalue weighted by Crippen LogP contribution is -2.55. The van der Waals surface area contributed by atoms with Gasteiger partial charge in [0, 0.05) is 18.5 Å². The Bertz CT molecular complexity index is 977. The third-order valence-electron chi connectivity index (χ3n) is 5.13. The molecule has 0 radical (unpaired) electrons. The van der Waals surface area contributed by atoms with E-state index in [0.29, 0.717) is 25.9 Å². The van der Waals surface area contributed by atoms with E-state index in [1.165, 1.54) is 4.90 Å². The van der Waals surface area contributed by atoms with Gasteiger partial charge in [0.05, 0.1) is 32.7 Å². The molecule has 28 heavy (non-hydrogen) atoms. The molecule has 2 fully saturated rings. The number of hydrogen-bond acceptors (Lipinski definition) is 4. The first-order valence-corrected chi connectivity index (χ1v) is 9.81. The molecule has 1 aromatic heterocycles. The van der Waals surface area contributed by atoms with E-state index in [2.05, 4.69) is 25.9 Å². The van der Waals surface area contributed by atoms with Gasteiger partial charge in [-0.25, -0.2) is 9.78 Å². The van der Waals surface area contributed by atoms with Crippen molar-refractivity contribution in [2.45, 2.75) is 31.1 Å². The minimum Gasteiger partial charge on any atom is -0.465 e. The standard InChI is InChI=1S/C16H12BrCl2F3N4O2/c17-10-9(16(20,21)22)3-8-12(11(10)18)23-14(19)24-13(8)25-4-6-1-2-7(5-25)26(6)15(27)28/h3,6-7H,1-2,4-5H2,(H,27,28)/t6-,7+. The third kappa shape index (κ3) is 3.15. The molecule has 1 N–H and O–H groups in total. The minimum atomic E-state index is -4.63. The summed E-state index contributed by atoms with van der Waals surface area (Å²) >= 11 is 15.1. The van der Waals surface area contributed by atoms with E-state index in [4.69, 9.17) is 23.2 Å². The Labute approximate surface area is 175 Å². The molecule has 2 saturated heterocycles. The molecule has 2 aliphatic rings. The van der Waals surface area contributed by atoms with E-state index < -0.39 is 17.8 Å². The molecule has 2 aromatic rings. The second-order valence-electron chi connectivity index (χ2n) is 6.74. The van der Waals surface area contributed by atoms with Gasteiger partial charge < -0.3 is 10.0 Å². The molecule has 0 spiro atoms. The molecule has 6 nitrogen and oxygen atoms in total. The molecular formula is C16H12BrCl2F3N4O2. The molecule has 2 aliphatic heterocycles. The highest BCUT2D eigenvalue weighted by Gasteiger charge is 2.44. The van der Waals surface area contributed by atoms with Gasteiger partial charge in [-0.05, 0) is 46.4 Å². The van der Waals surface area contributed by atoms with Crippen molar-refractivity contribution in [1.29, 1.82) is 0 Å². The highest BCUT2D eigenvalue weighted by molar-refractivity contribution is 9.10. The molecule has 12 heteroatoms. The highest BCUT2D eigenvalue weighted by atomic mass is 79.9. The van der Waals surface area contributed by atoms with Crippen molar-refractivity contribution in [3.63, 3.8) is 0 Å². The Morgan fingerprint density at radius 3 is 2.36 bits per heavy atom. The number of hydrogen-bond donors (Lipinski definition) is 1. The van der Waals surface area contributed by atoms with Gasteiger partial charge in [-0.15, -0.1) is 0 Å². The molecule has 2 atom stereocenters. The smallest absolute Gasteiger partial charge is 0.417 e. The van der Waals surface area contributed by atoms with Crippen molar-refractivity contribution in [2.75, 3.05) is 18.0 Å². The Hall–Kier alpha value is -1.52. The number of halogens is 6. The molecule has 4 rings (SSSR count). The van der Waals surface area contributed by atoms with Crippen LogP contribution in [0.15, 0.2) is 10.5 Å². The lowest BCUT2D eigenvalue weighted by atomic mass is 10.1. The van der Waals surface area contributed by atoms with Crippen LogP contribution in [0, 0.1) is 0 Å². The van der Waals surface area contributed by atoms with Crippen LogP contribution >= 0.6 is 39.1 Å². The molecule has 3 heterocycles. The fourth-order valence-electron chi connectivity index (χ4n) is 4.00. The Morgan fingerprint density at radius 1 is 1.21 bits per heavy atom. The van der Waals surface area contributed by atoms with Crippen molar-refractivity contribution >= 4 is 61.9 Å². The predicted molar refractivity (Wildman–Crippen MR) is 101 cm³/mol. The fraction of sp³-hybridized carbons (Fsp3) is 0.438. The van der Waals surface area contributed by atoms with Crippen LogP contribution in [0.3, 0.4) is 0 Å². The van der Waals surface area contributed by atoms with Crippen LogP contribution < -0.4 is 4.90 Å². The fourth-order valence-corrected chi connectivity index (χ4v) is 4.93. The Balaban J connectivity index is 1.86. The summed E-state index contributed by atoms with van der Waals surface area (Å²) in [5.41, 5.74) is -0.839. The minimum absolute atomic E-state index is 0.101. The highest BCUT2D eigenvalue weighted by Crippen LogP contribution is 2.44. The van der Waals surface area contributed by atoms with Gasteiger partial charge in [0.15, 0.2) is 0 Å². The van der Waals surface area contributed by atoms with Gasteiger partial charge in [0.1, 0.15) is 5.82 Å². The molecule has 150 valence electrons. The average molecular weight is 500 g/mol. The quantitative estimate of drug-likeness (QED) is 0.556. The second kappa shape index (κ2) is 6.77. The van der Waals surface area contributed by atoms with E-state index >= 15 is 0 Å². The van der Waals surface area contributed by atoms with Crippen molar-refractivity contribution in [3.05, 3.63) is 26.4 Å². The van der Waals surface area contributed by atoms with Gasteiger partial charge >= 0.3 is 12.3 Å². The number of fused-ring (bicyclic) bond motifs is 3. The van der Waals surface area contributed by atoms with Crippen molar-refractivity contribution in [2.24, 2.45) is 0 Å². The number of piperazine rings is 1. The zero-order valence-electron chi connectivity index (χ0n) is 14.0. The number of aromatic nitrogens is 2. The summed E-state index contributed by atoms with van der Waals surface area (Å²) in [6.45, 7) is 0.612. The topological polar surface area (TPSA) is 69.6 Å². The molecule has 1 amide bonds.